The van der Waals surface area contributed by atoms with Crippen LogP contribution in [0, 0.1) is 3.57 Å². The van der Waals surface area contributed by atoms with Crippen LogP contribution >= 0.6 is 34.2 Å². The second kappa shape index (κ2) is 9.48. The Morgan fingerprint density at radius 1 is 1.25 bits per heavy atom. The molecular formula is C17H16ClIN2O3. The van der Waals surface area contributed by atoms with Crippen molar-refractivity contribution in [1.82, 2.24) is 5.43 Å². The largest absolute Gasteiger partial charge is 0.493 e. The van der Waals surface area contributed by atoms with E-state index in [0.29, 0.717) is 28.7 Å². The van der Waals surface area contributed by atoms with Crippen LogP contribution in [0.1, 0.15) is 12.5 Å². The van der Waals surface area contributed by atoms with Gasteiger partial charge in [-0.1, -0.05) is 23.7 Å². The number of rotatable bonds is 7. The number of hydrazone groups is 1. The Labute approximate surface area is 159 Å². The fourth-order valence-electron chi connectivity index (χ4n) is 1.82. The molecule has 0 radical (unpaired) electrons. The van der Waals surface area contributed by atoms with Crippen molar-refractivity contribution in [3.05, 3.63) is 56.6 Å². The lowest BCUT2D eigenvalue weighted by Crippen LogP contribution is -2.24. The number of hydrogen-bond acceptors (Lipinski definition) is 4. The fraction of sp³-hybridized carbons (Fsp3) is 0.176. The molecule has 2 aromatic carbocycles. The van der Waals surface area contributed by atoms with E-state index < -0.39 is 0 Å². The third-order valence-electron chi connectivity index (χ3n) is 2.86. The normalized spacial score (nSPS) is 10.6. The van der Waals surface area contributed by atoms with Crippen LogP contribution in [0.4, 0.5) is 0 Å². The van der Waals surface area contributed by atoms with Gasteiger partial charge in [-0.3, -0.25) is 4.79 Å². The molecule has 0 aliphatic rings. The van der Waals surface area contributed by atoms with Crippen LogP contribution in [0.5, 0.6) is 11.5 Å². The van der Waals surface area contributed by atoms with E-state index in [-0.39, 0.29) is 12.5 Å². The summed E-state index contributed by atoms with van der Waals surface area (Å²) in [4.78, 5) is 11.8. The summed E-state index contributed by atoms with van der Waals surface area (Å²) < 4.78 is 11.9. The number of nitrogens with zero attached hydrogens (tertiary/aromatic N) is 1. The minimum atomic E-state index is -0.356. The van der Waals surface area contributed by atoms with E-state index in [1.54, 1.807) is 24.3 Å². The van der Waals surface area contributed by atoms with Crippen molar-refractivity contribution in [2.75, 3.05) is 13.2 Å². The summed E-state index contributed by atoms with van der Waals surface area (Å²) in [6.45, 7) is 2.29. The summed E-state index contributed by atoms with van der Waals surface area (Å²) in [7, 11) is 0. The van der Waals surface area contributed by atoms with Crippen LogP contribution in [0.15, 0.2) is 47.6 Å². The van der Waals surface area contributed by atoms with Crippen LogP contribution in [0.2, 0.25) is 5.02 Å². The van der Waals surface area contributed by atoms with Crippen molar-refractivity contribution in [3.8, 4) is 11.5 Å². The zero-order valence-electron chi connectivity index (χ0n) is 13.0. The fourth-order valence-corrected chi connectivity index (χ4v) is 2.54. The van der Waals surface area contributed by atoms with E-state index in [0.717, 1.165) is 3.57 Å². The monoisotopic (exact) mass is 458 g/mol. The topological polar surface area (TPSA) is 59.9 Å². The summed E-state index contributed by atoms with van der Waals surface area (Å²) in [5, 5.41) is 4.48. The summed E-state index contributed by atoms with van der Waals surface area (Å²) in [5.74, 6) is 0.951. The predicted molar refractivity (Wildman–Crippen MR) is 103 cm³/mol. The molecular weight excluding hydrogens is 443 g/mol. The molecule has 0 aromatic heterocycles. The highest BCUT2D eigenvalue weighted by Crippen LogP contribution is 2.21. The van der Waals surface area contributed by atoms with Gasteiger partial charge in [0.2, 0.25) is 0 Å². The van der Waals surface area contributed by atoms with Crippen molar-refractivity contribution in [2.45, 2.75) is 6.92 Å². The van der Waals surface area contributed by atoms with Crippen molar-refractivity contribution < 1.29 is 14.3 Å². The lowest BCUT2D eigenvalue weighted by Gasteiger charge is -2.08. The van der Waals surface area contributed by atoms with Crippen molar-refractivity contribution in [2.24, 2.45) is 5.10 Å². The van der Waals surface area contributed by atoms with Gasteiger partial charge in [0.25, 0.3) is 5.91 Å². The number of hydrogen-bond donors (Lipinski definition) is 1. The Kier molecular flexibility index (Phi) is 7.33. The summed E-state index contributed by atoms with van der Waals surface area (Å²) in [6, 6.07) is 12.7. The molecule has 0 aliphatic carbocycles. The van der Waals surface area contributed by atoms with Gasteiger partial charge < -0.3 is 9.47 Å². The van der Waals surface area contributed by atoms with Gasteiger partial charge in [-0.15, -0.1) is 0 Å². The first-order chi connectivity index (χ1) is 11.6. The number of amides is 1. The SMILES string of the molecule is CCOc1ccc(Cl)cc1/C=N/NC(=O)COc1ccccc1I. The third kappa shape index (κ3) is 5.68. The molecule has 0 unspecified atom stereocenters. The third-order valence-corrected chi connectivity index (χ3v) is 3.99. The smallest absolute Gasteiger partial charge is 0.277 e. The minimum Gasteiger partial charge on any atom is -0.493 e. The number of para-hydroxylation sites is 1. The van der Waals surface area contributed by atoms with Crippen molar-refractivity contribution in [1.29, 1.82) is 0 Å². The van der Waals surface area contributed by atoms with E-state index in [4.69, 9.17) is 21.1 Å². The van der Waals surface area contributed by atoms with Gasteiger partial charge in [-0.25, -0.2) is 5.43 Å². The molecule has 7 heteroatoms. The molecule has 1 N–H and O–H groups in total. The maximum Gasteiger partial charge on any atom is 0.277 e. The van der Waals surface area contributed by atoms with Crippen molar-refractivity contribution in [3.63, 3.8) is 0 Å². The number of halogens is 2. The highest BCUT2D eigenvalue weighted by Gasteiger charge is 2.05. The molecule has 0 aliphatic heterocycles. The molecule has 0 atom stereocenters. The molecule has 1 amide bonds. The van der Waals surface area contributed by atoms with Gasteiger partial charge in [-0.05, 0) is 59.8 Å². The second-order valence-corrected chi connectivity index (χ2v) is 6.23. The molecule has 0 heterocycles. The van der Waals surface area contributed by atoms with Crippen LogP contribution in [-0.4, -0.2) is 25.3 Å². The van der Waals surface area contributed by atoms with Gasteiger partial charge in [-0.2, -0.15) is 5.10 Å². The van der Waals surface area contributed by atoms with Crippen LogP contribution < -0.4 is 14.9 Å². The molecule has 0 saturated heterocycles. The Hall–Kier alpha value is -1.80. The second-order valence-electron chi connectivity index (χ2n) is 4.63. The Morgan fingerprint density at radius 3 is 2.79 bits per heavy atom. The highest BCUT2D eigenvalue weighted by atomic mass is 127. The lowest BCUT2D eigenvalue weighted by molar-refractivity contribution is -0.123. The number of ether oxygens (including phenoxy) is 2. The first-order valence-corrected chi connectivity index (χ1v) is 8.67. The van der Waals surface area contributed by atoms with E-state index in [2.05, 4.69) is 33.1 Å². The van der Waals surface area contributed by atoms with E-state index in [1.807, 2.05) is 25.1 Å². The van der Waals surface area contributed by atoms with Crippen molar-refractivity contribution >= 4 is 46.3 Å². The zero-order chi connectivity index (χ0) is 17.4. The summed E-state index contributed by atoms with van der Waals surface area (Å²) in [6.07, 6.45) is 1.49. The molecule has 2 rings (SSSR count). The highest BCUT2D eigenvalue weighted by molar-refractivity contribution is 14.1. The van der Waals surface area contributed by atoms with Crippen LogP contribution in [0.3, 0.4) is 0 Å². The Bertz CT molecular complexity index is 738. The van der Waals surface area contributed by atoms with Crippen LogP contribution in [0.25, 0.3) is 0 Å². The van der Waals surface area contributed by atoms with Gasteiger partial charge in [0.15, 0.2) is 6.61 Å². The average Bonchev–Trinajstić information content (AvgIpc) is 2.56. The van der Waals surface area contributed by atoms with Gasteiger partial charge in [0, 0.05) is 10.6 Å². The predicted octanol–water partition coefficient (Wildman–Crippen LogP) is 3.87. The molecule has 0 saturated carbocycles. The Morgan fingerprint density at radius 2 is 2.04 bits per heavy atom. The number of benzene rings is 2. The molecule has 5 nitrogen and oxygen atoms in total. The maximum absolute atomic E-state index is 11.8. The number of nitrogens with one attached hydrogen (secondary N) is 1. The number of carbonyl (C=O) groups excluding carboxylic acids is 1. The summed E-state index contributed by atoms with van der Waals surface area (Å²) in [5.41, 5.74) is 3.10. The van der Waals surface area contributed by atoms with Gasteiger partial charge in [0.05, 0.1) is 16.4 Å². The van der Waals surface area contributed by atoms with Gasteiger partial charge in [0.1, 0.15) is 11.5 Å². The van der Waals surface area contributed by atoms with E-state index in [1.165, 1.54) is 6.21 Å². The first-order valence-electron chi connectivity index (χ1n) is 7.21. The lowest BCUT2D eigenvalue weighted by atomic mass is 10.2. The van der Waals surface area contributed by atoms with E-state index in [9.17, 15) is 4.79 Å². The summed E-state index contributed by atoms with van der Waals surface area (Å²) >= 11 is 8.11. The zero-order valence-corrected chi connectivity index (χ0v) is 15.9. The average molecular weight is 459 g/mol. The number of carbonyl (C=O) groups is 1. The maximum atomic E-state index is 11.8. The molecule has 24 heavy (non-hydrogen) atoms. The molecule has 2 aromatic rings. The standard InChI is InChI=1S/C17H16ClIN2O3/c1-2-23-15-8-7-13(18)9-12(15)10-20-21-17(22)11-24-16-6-4-3-5-14(16)19/h3-10H,2,11H2,1H3,(H,21,22)/b20-10+. The first kappa shape index (κ1) is 18.5. The molecule has 126 valence electrons. The molecule has 0 bridgehead atoms. The molecule has 0 fully saturated rings. The van der Waals surface area contributed by atoms with E-state index >= 15 is 0 Å². The quantitative estimate of drug-likeness (QED) is 0.389. The molecule has 0 spiro atoms. The van der Waals surface area contributed by atoms with Crippen LogP contribution in [-0.2, 0) is 4.79 Å². The van der Waals surface area contributed by atoms with Gasteiger partial charge >= 0.3 is 0 Å². The Balaban J connectivity index is 1.90. The minimum absolute atomic E-state index is 0.120.